The minimum atomic E-state index is 0.686. The van der Waals surface area contributed by atoms with Gasteiger partial charge in [-0.25, -0.2) is 4.98 Å². The van der Waals surface area contributed by atoms with E-state index in [9.17, 15) is 0 Å². The van der Waals surface area contributed by atoms with Crippen LogP contribution in [0.15, 0.2) is 53.7 Å². The van der Waals surface area contributed by atoms with Crippen molar-refractivity contribution in [3.05, 3.63) is 54.2 Å². The van der Waals surface area contributed by atoms with Gasteiger partial charge in [0, 0.05) is 63.8 Å². The van der Waals surface area contributed by atoms with Crippen LogP contribution in [0.3, 0.4) is 0 Å². The molecule has 1 saturated heterocycles. The van der Waals surface area contributed by atoms with Crippen molar-refractivity contribution in [1.82, 2.24) is 15.6 Å². The van der Waals surface area contributed by atoms with E-state index in [2.05, 4.69) is 73.7 Å². The lowest BCUT2D eigenvalue weighted by atomic mass is 10.2. The Balaban J connectivity index is 1.45. The maximum absolute atomic E-state index is 5.47. The number of guanidine groups is 1. The molecule has 0 radical (unpaired) electrons. The van der Waals surface area contributed by atoms with Gasteiger partial charge in [-0.2, -0.15) is 0 Å². The van der Waals surface area contributed by atoms with Crippen LogP contribution in [0.25, 0.3) is 0 Å². The highest BCUT2D eigenvalue weighted by molar-refractivity contribution is 5.79. The number of para-hydroxylation sites is 1. The number of rotatable bonds is 9. The molecule has 2 N–H and O–H groups in total. The third-order valence-electron chi connectivity index (χ3n) is 5.25. The van der Waals surface area contributed by atoms with E-state index in [0.29, 0.717) is 6.54 Å². The highest BCUT2D eigenvalue weighted by Crippen LogP contribution is 2.18. The van der Waals surface area contributed by atoms with E-state index in [1.807, 2.05) is 19.3 Å². The number of hydrogen-bond donors (Lipinski definition) is 2. The van der Waals surface area contributed by atoms with Gasteiger partial charge in [-0.05, 0) is 31.5 Å². The van der Waals surface area contributed by atoms with Gasteiger partial charge in [0.2, 0.25) is 0 Å². The van der Waals surface area contributed by atoms with Gasteiger partial charge in [0.05, 0.1) is 13.2 Å². The molecule has 30 heavy (non-hydrogen) atoms. The van der Waals surface area contributed by atoms with Gasteiger partial charge >= 0.3 is 0 Å². The Kier molecular flexibility index (Phi) is 8.78. The van der Waals surface area contributed by atoms with Crippen molar-refractivity contribution >= 4 is 17.5 Å². The van der Waals surface area contributed by atoms with Crippen LogP contribution in [0.2, 0.25) is 0 Å². The van der Waals surface area contributed by atoms with Crippen molar-refractivity contribution in [2.75, 3.05) is 62.8 Å². The average molecular weight is 411 g/mol. The van der Waals surface area contributed by atoms with E-state index in [-0.39, 0.29) is 0 Å². The number of aliphatic imine (C=N–C) groups is 1. The van der Waals surface area contributed by atoms with Gasteiger partial charge < -0.3 is 25.2 Å². The molecule has 0 unspecified atom stereocenters. The molecule has 162 valence electrons. The fourth-order valence-electron chi connectivity index (χ4n) is 3.61. The number of pyridine rings is 1. The van der Waals surface area contributed by atoms with Crippen LogP contribution in [0.1, 0.15) is 18.9 Å². The normalized spacial score (nSPS) is 14.5. The predicted molar refractivity (Wildman–Crippen MR) is 124 cm³/mol. The minimum absolute atomic E-state index is 0.686. The van der Waals surface area contributed by atoms with Gasteiger partial charge in [-0.1, -0.05) is 24.3 Å². The zero-order valence-corrected chi connectivity index (χ0v) is 18.2. The van der Waals surface area contributed by atoms with E-state index < -0.39 is 0 Å². The summed E-state index contributed by atoms with van der Waals surface area (Å²) < 4.78 is 5.47. The highest BCUT2D eigenvalue weighted by atomic mass is 16.5. The summed E-state index contributed by atoms with van der Waals surface area (Å²) in [6.07, 6.45) is 2.89. The fourth-order valence-corrected chi connectivity index (χ4v) is 3.61. The van der Waals surface area contributed by atoms with Crippen LogP contribution in [0, 0.1) is 0 Å². The Labute approximate surface area is 180 Å². The first kappa shape index (κ1) is 21.9. The molecule has 0 bridgehead atoms. The molecule has 2 heterocycles. The summed E-state index contributed by atoms with van der Waals surface area (Å²) in [6, 6.07) is 14.7. The summed E-state index contributed by atoms with van der Waals surface area (Å²) in [4.78, 5) is 13.7. The average Bonchev–Trinajstić information content (AvgIpc) is 2.82. The second kappa shape index (κ2) is 12.0. The van der Waals surface area contributed by atoms with Gasteiger partial charge in [-0.15, -0.1) is 0 Å². The smallest absolute Gasteiger partial charge is 0.191 e. The van der Waals surface area contributed by atoms with Crippen molar-refractivity contribution in [2.45, 2.75) is 19.9 Å². The Morgan fingerprint density at radius 1 is 1.13 bits per heavy atom. The first-order valence-electron chi connectivity index (χ1n) is 10.8. The predicted octanol–water partition coefficient (Wildman–Crippen LogP) is 2.50. The first-order valence-corrected chi connectivity index (χ1v) is 10.8. The number of ether oxygens (including phenoxy) is 1. The van der Waals surface area contributed by atoms with Crippen LogP contribution in [-0.4, -0.2) is 63.9 Å². The minimum Gasteiger partial charge on any atom is -0.378 e. The van der Waals surface area contributed by atoms with Crippen molar-refractivity contribution in [3.8, 4) is 0 Å². The molecule has 3 rings (SSSR count). The molecule has 1 aliphatic heterocycles. The zero-order valence-electron chi connectivity index (χ0n) is 18.2. The summed E-state index contributed by atoms with van der Waals surface area (Å²) in [5.74, 6) is 1.85. The molecule has 0 spiro atoms. The van der Waals surface area contributed by atoms with Crippen molar-refractivity contribution in [1.29, 1.82) is 0 Å². The lowest BCUT2D eigenvalue weighted by molar-refractivity contribution is 0.122. The van der Waals surface area contributed by atoms with E-state index >= 15 is 0 Å². The van der Waals surface area contributed by atoms with Crippen molar-refractivity contribution in [3.63, 3.8) is 0 Å². The Hall–Kier alpha value is -2.80. The van der Waals surface area contributed by atoms with Crippen molar-refractivity contribution in [2.24, 2.45) is 4.99 Å². The molecule has 7 nitrogen and oxygen atoms in total. The summed E-state index contributed by atoms with van der Waals surface area (Å²) in [7, 11) is 1.81. The molecule has 0 atom stereocenters. The monoisotopic (exact) mass is 410 g/mol. The van der Waals surface area contributed by atoms with Gasteiger partial charge in [0.15, 0.2) is 5.96 Å². The van der Waals surface area contributed by atoms with E-state index in [4.69, 9.17) is 4.74 Å². The number of benzene rings is 1. The molecular formula is C23H34N6O. The molecule has 0 saturated carbocycles. The standard InChI is InChI=1S/C23H34N6O/c1-3-28(21-10-5-4-6-11-21)14-8-13-26-23(24-2)27-19-20-9-7-12-25-22(20)29-15-17-30-18-16-29/h4-7,9-12H,3,8,13-19H2,1-2H3,(H2,24,26,27). The van der Waals surface area contributed by atoms with Gasteiger partial charge in [-0.3, -0.25) is 4.99 Å². The SMILES string of the molecule is CCN(CCCNC(=NC)NCc1cccnc1N1CCOCC1)c1ccccc1. The number of aromatic nitrogens is 1. The molecule has 7 heteroatoms. The second-order valence-electron chi connectivity index (χ2n) is 7.21. The number of anilines is 2. The zero-order chi connectivity index (χ0) is 21.0. The Bertz CT molecular complexity index is 776. The number of hydrogen-bond acceptors (Lipinski definition) is 5. The number of morpholine rings is 1. The largest absolute Gasteiger partial charge is 0.378 e. The third kappa shape index (κ3) is 6.35. The van der Waals surface area contributed by atoms with Gasteiger partial charge in [0.1, 0.15) is 5.82 Å². The van der Waals surface area contributed by atoms with E-state index in [0.717, 1.165) is 64.1 Å². The van der Waals surface area contributed by atoms with Crippen LogP contribution in [-0.2, 0) is 11.3 Å². The Morgan fingerprint density at radius 2 is 1.93 bits per heavy atom. The molecule has 0 aliphatic carbocycles. The van der Waals surface area contributed by atoms with Crippen LogP contribution >= 0.6 is 0 Å². The molecule has 1 aromatic heterocycles. The van der Waals surface area contributed by atoms with Crippen molar-refractivity contribution < 1.29 is 4.74 Å². The second-order valence-corrected chi connectivity index (χ2v) is 7.21. The molecule has 2 aromatic rings. The fraction of sp³-hybridized carbons (Fsp3) is 0.478. The Morgan fingerprint density at radius 3 is 2.67 bits per heavy atom. The summed E-state index contributed by atoms with van der Waals surface area (Å²) in [5.41, 5.74) is 2.44. The summed E-state index contributed by atoms with van der Waals surface area (Å²) in [5, 5.41) is 6.85. The number of nitrogens with zero attached hydrogens (tertiary/aromatic N) is 4. The summed E-state index contributed by atoms with van der Waals surface area (Å²) >= 11 is 0. The molecule has 1 aliphatic rings. The molecular weight excluding hydrogens is 376 g/mol. The quantitative estimate of drug-likeness (QED) is 0.376. The van der Waals surface area contributed by atoms with Crippen LogP contribution < -0.4 is 20.4 Å². The highest BCUT2D eigenvalue weighted by Gasteiger charge is 2.15. The van der Waals surface area contributed by atoms with Gasteiger partial charge in [0.25, 0.3) is 0 Å². The lowest BCUT2D eigenvalue weighted by Crippen LogP contribution is -2.40. The maximum atomic E-state index is 5.47. The lowest BCUT2D eigenvalue weighted by Gasteiger charge is -2.29. The topological polar surface area (TPSA) is 65.0 Å². The van der Waals surface area contributed by atoms with E-state index in [1.165, 1.54) is 11.3 Å². The van der Waals surface area contributed by atoms with Crippen LogP contribution in [0.4, 0.5) is 11.5 Å². The third-order valence-corrected chi connectivity index (χ3v) is 5.25. The first-order chi connectivity index (χ1) is 14.8. The summed E-state index contributed by atoms with van der Waals surface area (Å²) in [6.45, 7) is 9.03. The molecule has 0 amide bonds. The molecule has 1 aromatic carbocycles. The van der Waals surface area contributed by atoms with Crippen LogP contribution in [0.5, 0.6) is 0 Å². The molecule has 1 fully saturated rings. The number of nitrogens with one attached hydrogen (secondary N) is 2. The maximum Gasteiger partial charge on any atom is 0.191 e. The van der Waals surface area contributed by atoms with E-state index in [1.54, 1.807) is 0 Å².